The van der Waals surface area contributed by atoms with Crippen LogP contribution >= 0.6 is 0 Å². The summed E-state index contributed by atoms with van der Waals surface area (Å²) in [5.41, 5.74) is 2.87. The van der Waals surface area contributed by atoms with Gasteiger partial charge in [0.25, 0.3) is 0 Å². The Morgan fingerprint density at radius 1 is 1.09 bits per heavy atom. The third-order valence-corrected chi connectivity index (χ3v) is 6.25. The van der Waals surface area contributed by atoms with E-state index in [1.165, 1.54) is 0 Å². The topological polar surface area (TPSA) is 77.6 Å². The number of anilines is 1. The minimum absolute atomic E-state index is 0.132. The molecular formula is C26H37N5O2. The van der Waals surface area contributed by atoms with E-state index in [4.69, 9.17) is 0 Å². The average Bonchev–Trinajstić information content (AvgIpc) is 2.85. The lowest BCUT2D eigenvalue weighted by molar-refractivity contribution is -0.137. The molecule has 2 N–H and O–H groups in total. The lowest BCUT2D eigenvalue weighted by atomic mass is 9.96. The van der Waals surface area contributed by atoms with Gasteiger partial charge in [0.2, 0.25) is 5.91 Å². The van der Waals surface area contributed by atoms with Gasteiger partial charge in [0, 0.05) is 44.3 Å². The van der Waals surface area contributed by atoms with Gasteiger partial charge >= 0.3 is 6.03 Å². The molecule has 1 atom stereocenters. The zero-order chi connectivity index (χ0) is 23.5. The summed E-state index contributed by atoms with van der Waals surface area (Å²) in [5.74, 6) is 0.434. The average molecular weight is 452 g/mol. The molecule has 1 saturated heterocycles. The molecule has 1 unspecified atom stereocenters. The van der Waals surface area contributed by atoms with E-state index in [0.29, 0.717) is 12.5 Å². The van der Waals surface area contributed by atoms with Gasteiger partial charge in [-0.25, -0.2) is 4.79 Å². The van der Waals surface area contributed by atoms with Crippen LogP contribution in [-0.4, -0.2) is 66.0 Å². The Morgan fingerprint density at radius 2 is 1.88 bits per heavy atom. The highest BCUT2D eigenvalue weighted by Gasteiger charge is 2.27. The second-order valence-corrected chi connectivity index (χ2v) is 8.56. The van der Waals surface area contributed by atoms with Gasteiger partial charge in [-0.05, 0) is 81.9 Å². The summed E-state index contributed by atoms with van der Waals surface area (Å²) in [6.07, 6.45) is 7.57. The molecule has 1 aromatic carbocycles. The van der Waals surface area contributed by atoms with Crippen molar-refractivity contribution in [2.24, 2.45) is 5.92 Å². The van der Waals surface area contributed by atoms with E-state index in [2.05, 4.69) is 20.5 Å². The largest absolute Gasteiger partial charge is 0.343 e. The predicted octanol–water partition coefficient (Wildman–Crippen LogP) is 4.23. The zero-order valence-electron chi connectivity index (χ0n) is 19.9. The number of nitrogens with one attached hydrogen (secondary N) is 2. The van der Waals surface area contributed by atoms with Gasteiger partial charge in [-0.1, -0.05) is 18.2 Å². The highest BCUT2D eigenvalue weighted by molar-refractivity contribution is 5.89. The molecule has 0 radical (unpaired) electrons. The normalized spacial score (nSPS) is 16.2. The van der Waals surface area contributed by atoms with Crippen molar-refractivity contribution in [2.45, 2.75) is 39.5 Å². The maximum atomic E-state index is 12.6. The van der Waals surface area contributed by atoms with E-state index in [-0.39, 0.29) is 11.9 Å². The molecule has 7 heteroatoms. The Balaban J connectivity index is 1.32. The number of piperidine rings is 1. The van der Waals surface area contributed by atoms with E-state index in [9.17, 15) is 9.59 Å². The van der Waals surface area contributed by atoms with E-state index in [0.717, 1.165) is 75.2 Å². The van der Waals surface area contributed by atoms with E-state index >= 15 is 0 Å². The van der Waals surface area contributed by atoms with Gasteiger partial charge in [-0.15, -0.1) is 0 Å². The fourth-order valence-electron chi connectivity index (χ4n) is 4.37. The number of unbranched alkanes of at least 4 members (excludes halogenated alkanes) is 1. The summed E-state index contributed by atoms with van der Waals surface area (Å²) in [4.78, 5) is 33.3. The molecule has 178 valence electrons. The highest BCUT2D eigenvalue weighted by atomic mass is 16.2. The van der Waals surface area contributed by atoms with Crippen LogP contribution in [-0.2, 0) is 4.79 Å². The van der Waals surface area contributed by atoms with Crippen LogP contribution in [0.4, 0.5) is 10.5 Å². The van der Waals surface area contributed by atoms with E-state index in [1.54, 1.807) is 6.20 Å². The summed E-state index contributed by atoms with van der Waals surface area (Å²) in [6, 6.07) is 11.5. The molecule has 2 aromatic rings. The van der Waals surface area contributed by atoms with Crippen molar-refractivity contribution in [2.75, 3.05) is 44.6 Å². The summed E-state index contributed by atoms with van der Waals surface area (Å²) < 4.78 is 0. The Labute approximate surface area is 197 Å². The van der Waals surface area contributed by atoms with Gasteiger partial charge in [0.05, 0.1) is 5.92 Å². The number of pyridine rings is 1. The monoisotopic (exact) mass is 451 g/mol. The van der Waals surface area contributed by atoms with Crippen molar-refractivity contribution >= 4 is 17.6 Å². The van der Waals surface area contributed by atoms with E-state index < -0.39 is 0 Å². The first-order valence-electron chi connectivity index (χ1n) is 12.2. The molecule has 3 rings (SSSR count). The Morgan fingerprint density at radius 3 is 2.58 bits per heavy atom. The van der Waals surface area contributed by atoms with Gasteiger partial charge in [0.15, 0.2) is 0 Å². The fraction of sp³-hybridized carbons (Fsp3) is 0.500. The van der Waals surface area contributed by atoms with Crippen LogP contribution in [0.1, 0.15) is 39.5 Å². The van der Waals surface area contributed by atoms with Gasteiger partial charge in [-0.3, -0.25) is 9.78 Å². The van der Waals surface area contributed by atoms with Crippen LogP contribution in [0.2, 0.25) is 0 Å². The number of likely N-dealkylation sites (tertiary alicyclic amines) is 1. The van der Waals surface area contributed by atoms with Gasteiger partial charge in [-0.2, -0.15) is 0 Å². The smallest absolute Gasteiger partial charge is 0.319 e. The highest BCUT2D eigenvalue weighted by Crippen LogP contribution is 2.21. The maximum absolute atomic E-state index is 12.6. The first-order chi connectivity index (χ1) is 16.1. The number of urea groups is 1. The fourth-order valence-corrected chi connectivity index (χ4v) is 4.37. The summed E-state index contributed by atoms with van der Waals surface area (Å²) in [6.45, 7) is 9.19. The molecule has 3 amide bonds. The second-order valence-electron chi connectivity index (χ2n) is 8.56. The molecular weight excluding hydrogens is 414 g/mol. The van der Waals surface area contributed by atoms with Crippen LogP contribution in [0.3, 0.4) is 0 Å². The molecule has 2 heterocycles. The molecule has 7 nitrogen and oxygen atoms in total. The molecule has 0 spiro atoms. The minimum atomic E-state index is -0.188. The summed E-state index contributed by atoms with van der Waals surface area (Å²) in [7, 11) is 0. The Bertz CT molecular complexity index is 868. The third kappa shape index (κ3) is 7.56. The van der Waals surface area contributed by atoms with Crippen molar-refractivity contribution in [3.8, 4) is 11.1 Å². The minimum Gasteiger partial charge on any atom is -0.343 e. The van der Waals surface area contributed by atoms with Gasteiger partial charge < -0.3 is 20.4 Å². The Kier molecular flexibility index (Phi) is 9.69. The van der Waals surface area contributed by atoms with Crippen molar-refractivity contribution in [3.63, 3.8) is 0 Å². The number of hydrogen-bond acceptors (Lipinski definition) is 4. The standard InChI is InChI=1S/C26H37N5O2/c1-3-31(4-2)25(32)23-10-8-18-30(20-23)17-6-5-16-28-26(33)29-24-13-11-21(12-14-24)22-9-7-15-27-19-22/h7,9,11-15,19,23H,3-6,8,10,16-18,20H2,1-2H3,(H2,28,29,33). The molecule has 1 aliphatic rings. The number of hydrogen-bond donors (Lipinski definition) is 2. The molecule has 1 aromatic heterocycles. The number of benzene rings is 1. The number of aromatic nitrogens is 1. The number of nitrogens with zero attached hydrogens (tertiary/aromatic N) is 3. The van der Waals surface area contributed by atoms with Crippen LogP contribution in [0.5, 0.6) is 0 Å². The molecule has 33 heavy (non-hydrogen) atoms. The summed E-state index contributed by atoms with van der Waals surface area (Å²) >= 11 is 0. The number of carbonyl (C=O) groups excluding carboxylic acids is 2. The van der Waals surface area contributed by atoms with E-state index in [1.807, 2.05) is 61.3 Å². The van der Waals surface area contributed by atoms with Crippen LogP contribution in [0.15, 0.2) is 48.8 Å². The van der Waals surface area contributed by atoms with Gasteiger partial charge in [0.1, 0.15) is 0 Å². The molecule has 1 fully saturated rings. The first-order valence-corrected chi connectivity index (χ1v) is 12.2. The Hall–Kier alpha value is -2.93. The third-order valence-electron chi connectivity index (χ3n) is 6.25. The quantitative estimate of drug-likeness (QED) is 0.530. The molecule has 0 bridgehead atoms. The van der Waals surface area contributed by atoms with Crippen molar-refractivity contribution in [1.29, 1.82) is 0 Å². The number of rotatable bonds is 10. The lowest BCUT2D eigenvalue weighted by Crippen LogP contribution is -2.45. The van der Waals surface area contributed by atoms with Crippen LogP contribution in [0, 0.1) is 5.92 Å². The summed E-state index contributed by atoms with van der Waals surface area (Å²) in [5, 5.41) is 5.82. The SMILES string of the molecule is CCN(CC)C(=O)C1CCCN(CCCCNC(=O)Nc2ccc(-c3cccnc3)cc2)C1. The number of amides is 3. The molecule has 1 aliphatic heterocycles. The number of carbonyl (C=O) groups is 2. The molecule has 0 saturated carbocycles. The second kappa shape index (κ2) is 12.9. The van der Waals surface area contributed by atoms with Crippen molar-refractivity contribution < 1.29 is 9.59 Å². The van der Waals surface area contributed by atoms with Crippen LogP contribution in [0.25, 0.3) is 11.1 Å². The lowest BCUT2D eigenvalue weighted by Gasteiger charge is -2.34. The maximum Gasteiger partial charge on any atom is 0.319 e. The first kappa shape index (κ1) is 24.7. The molecule has 0 aliphatic carbocycles. The zero-order valence-corrected chi connectivity index (χ0v) is 19.9. The van der Waals surface area contributed by atoms with Crippen molar-refractivity contribution in [3.05, 3.63) is 48.8 Å². The predicted molar refractivity (Wildman–Crippen MR) is 133 cm³/mol. The van der Waals surface area contributed by atoms with Crippen molar-refractivity contribution in [1.82, 2.24) is 20.1 Å². The van der Waals surface area contributed by atoms with Crippen LogP contribution < -0.4 is 10.6 Å².